The maximum Gasteiger partial charge on any atom is 0.275 e. The second-order valence-corrected chi connectivity index (χ2v) is 8.41. The summed E-state index contributed by atoms with van der Waals surface area (Å²) in [7, 11) is 0. The third-order valence-corrected chi connectivity index (χ3v) is 6.17. The normalized spacial score (nSPS) is 15.1. The molecule has 0 spiro atoms. The zero-order chi connectivity index (χ0) is 25.0. The molecule has 1 aliphatic heterocycles. The van der Waals surface area contributed by atoms with Gasteiger partial charge in [-0.25, -0.2) is 8.78 Å². The molecule has 1 aromatic carbocycles. The minimum absolute atomic E-state index is 0.0349. The van der Waals surface area contributed by atoms with Gasteiger partial charge in [0.25, 0.3) is 11.8 Å². The fourth-order valence-corrected chi connectivity index (χ4v) is 4.13. The minimum atomic E-state index is -1.07. The average Bonchev–Trinajstić information content (AvgIpc) is 2.82. The Balaban J connectivity index is 1.85. The van der Waals surface area contributed by atoms with Gasteiger partial charge in [-0.15, -0.1) is 6.42 Å². The van der Waals surface area contributed by atoms with Gasteiger partial charge in [-0.3, -0.25) is 14.4 Å². The van der Waals surface area contributed by atoms with Gasteiger partial charge in [0, 0.05) is 30.6 Å². The number of halogens is 3. The zero-order valence-corrected chi connectivity index (χ0v) is 19.5. The fraction of sp³-hybridized carbons (Fsp3) is 0.318. The molecule has 180 valence electrons. The Labute approximate surface area is 203 Å². The molecular formula is C22H20ClF2N3O5S. The van der Waals surface area contributed by atoms with E-state index in [-0.39, 0.29) is 24.3 Å². The van der Waals surface area contributed by atoms with Gasteiger partial charge in [-0.2, -0.15) is 0 Å². The molecule has 0 fully saturated rings. The van der Waals surface area contributed by atoms with Gasteiger partial charge in [0.05, 0.1) is 13.2 Å². The standard InChI is InChI=1S/C22H20ClF2N3O5S/c1-3-13-10-27-11-14(21(31)26-9-12-5-6-15(24)16(23)17(12)25)19(29)20(30)18(27)22(32)28(13)7-8-34-33-4-2/h1,5-6,11,13,30H,4,7-10H2,2H3,(H,26,31)/t13-/m0/s1. The van der Waals surface area contributed by atoms with Crippen LogP contribution < -0.4 is 10.7 Å². The van der Waals surface area contributed by atoms with Crippen LogP contribution in [0.3, 0.4) is 0 Å². The molecule has 0 saturated carbocycles. The monoisotopic (exact) mass is 511 g/mol. The van der Waals surface area contributed by atoms with Crippen molar-refractivity contribution >= 4 is 35.5 Å². The summed E-state index contributed by atoms with van der Waals surface area (Å²) in [5.74, 6) is -1.56. The van der Waals surface area contributed by atoms with Gasteiger partial charge < -0.3 is 24.1 Å². The summed E-state index contributed by atoms with van der Waals surface area (Å²) in [6, 6.07) is 1.36. The Morgan fingerprint density at radius 2 is 2.15 bits per heavy atom. The summed E-state index contributed by atoms with van der Waals surface area (Å²) in [5, 5.41) is 12.1. The highest BCUT2D eigenvalue weighted by Crippen LogP contribution is 2.25. The van der Waals surface area contributed by atoms with Crippen LogP contribution in [-0.4, -0.2) is 51.3 Å². The van der Waals surface area contributed by atoms with Crippen LogP contribution in [0.15, 0.2) is 23.1 Å². The molecule has 2 heterocycles. The molecule has 2 aromatic rings. The Morgan fingerprint density at radius 1 is 1.41 bits per heavy atom. The molecule has 2 N–H and O–H groups in total. The van der Waals surface area contributed by atoms with Crippen LogP contribution in [0.25, 0.3) is 0 Å². The summed E-state index contributed by atoms with van der Waals surface area (Å²) in [4.78, 5) is 39.6. The van der Waals surface area contributed by atoms with Crippen LogP contribution in [0.1, 0.15) is 33.3 Å². The van der Waals surface area contributed by atoms with Crippen LogP contribution in [0, 0.1) is 24.0 Å². The Kier molecular flexibility index (Phi) is 8.19. The molecule has 0 unspecified atom stereocenters. The van der Waals surface area contributed by atoms with E-state index in [1.807, 2.05) is 6.92 Å². The number of rotatable bonds is 8. The quantitative estimate of drug-likeness (QED) is 0.244. The average molecular weight is 512 g/mol. The first-order chi connectivity index (χ1) is 16.2. The molecule has 12 heteroatoms. The van der Waals surface area contributed by atoms with Crippen molar-refractivity contribution in [2.45, 2.75) is 26.1 Å². The Bertz CT molecular complexity index is 1230. The SMILES string of the molecule is C#C[C@H]1Cn2cc(C(=O)NCc3ccc(F)c(Cl)c3F)c(=O)c(O)c2C(=O)N1CCSOCC. The third kappa shape index (κ3) is 5.04. The van der Waals surface area contributed by atoms with Crippen LogP contribution in [0.4, 0.5) is 8.78 Å². The van der Waals surface area contributed by atoms with E-state index in [4.69, 9.17) is 22.2 Å². The molecule has 0 radical (unpaired) electrons. The molecule has 8 nitrogen and oxygen atoms in total. The van der Waals surface area contributed by atoms with E-state index in [2.05, 4.69) is 11.2 Å². The summed E-state index contributed by atoms with van der Waals surface area (Å²) < 4.78 is 33.8. The van der Waals surface area contributed by atoms with E-state index < -0.39 is 57.8 Å². The second kappa shape index (κ2) is 10.9. The van der Waals surface area contributed by atoms with E-state index in [1.54, 1.807) is 0 Å². The first kappa shape index (κ1) is 25.6. The van der Waals surface area contributed by atoms with Gasteiger partial charge in [0.2, 0.25) is 5.43 Å². The van der Waals surface area contributed by atoms with E-state index in [0.29, 0.717) is 12.4 Å². The largest absolute Gasteiger partial charge is 0.503 e. The van der Waals surface area contributed by atoms with E-state index in [9.17, 15) is 28.3 Å². The number of aromatic nitrogens is 1. The van der Waals surface area contributed by atoms with Crippen molar-refractivity contribution < 1.29 is 27.7 Å². The molecule has 1 aromatic heterocycles. The van der Waals surface area contributed by atoms with Gasteiger partial charge in [0.15, 0.2) is 11.4 Å². The minimum Gasteiger partial charge on any atom is -0.503 e. The number of fused-ring (bicyclic) bond motifs is 1. The lowest BCUT2D eigenvalue weighted by Gasteiger charge is -2.35. The molecule has 34 heavy (non-hydrogen) atoms. The molecule has 0 bridgehead atoms. The first-order valence-corrected chi connectivity index (χ1v) is 11.4. The number of nitrogens with one attached hydrogen (secondary N) is 1. The van der Waals surface area contributed by atoms with Gasteiger partial charge in [0.1, 0.15) is 28.3 Å². The highest BCUT2D eigenvalue weighted by atomic mass is 35.5. The van der Waals surface area contributed by atoms with Crippen molar-refractivity contribution in [3.8, 4) is 18.1 Å². The van der Waals surface area contributed by atoms with Gasteiger partial charge >= 0.3 is 0 Å². The molecule has 2 amide bonds. The highest BCUT2D eigenvalue weighted by molar-refractivity contribution is 7.94. The first-order valence-electron chi connectivity index (χ1n) is 10.1. The topological polar surface area (TPSA) is 101 Å². The molecule has 0 saturated heterocycles. The molecule has 0 aliphatic carbocycles. The summed E-state index contributed by atoms with van der Waals surface area (Å²) >= 11 is 6.69. The molecular weight excluding hydrogens is 492 g/mol. The number of carbonyl (C=O) groups excluding carboxylic acids is 2. The predicted octanol–water partition coefficient (Wildman–Crippen LogP) is 2.56. The number of hydrogen-bond acceptors (Lipinski definition) is 6. The molecule has 1 atom stereocenters. The smallest absolute Gasteiger partial charge is 0.275 e. The maximum atomic E-state index is 14.1. The number of pyridine rings is 1. The lowest BCUT2D eigenvalue weighted by atomic mass is 10.1. The van der Waals surface area contributed by atoms with Crippen LogP contribution >= 0.6 is 23.6 Å². The van der Waals surface area contributed by atoms with Crippen molar-refractivity contribution in [3.05, 3.63) is 62.0 Å². The van der Waals surface area contributed by atoms with E-state index in [1.165, 1.54) is 9.47 Å². The van der Waals surface area contributed by atoms with Gasteiger partial charge in [-0.05, 0) is 25.0 Å². The maximum absolute atomic E-state index is 14.1. The third-order valence-electron chi connectivity index (χ3n) is 5.07. The number of carbonyl (C=O) groups is 2. The van der Waals surface area contributed by atoms with Crippen LogP contribution in [0.2, 0.25) is 5.02 Å². The fourth-order valence-electron chi connectivity index (χ4n) is 3.39. The number of hydrogen-bond donors (Lipinski definition) is 2. The van der Waals surface area contributed by atoms with Crippen molar-refractivity contribution in [3.63, 3.8) is 0 Å². The number of benzene rings is 1. The van der Waals surface area contributed by atoms with Crippen LogP contribution in [0.5, 0.6) is 5.75 Å². The predicted molar refractivity (Wildman–Crippen MR) is 123 cm³/mol. The Hall–Kier alpha value is -3.07. The van der Waals surface area contributed by atoms with Gasteiger partial charge in [-0.1, -0.05) is 23.6 Å². The highest BCUT2D eigenvalue weighted by Gasteiger charge is 2.35. The number of amides is 2. The number of nitrogens with zero attached hydrogens (tertiary/aromatic N) is 2. The van der Waals surface area contributed by atoms with Crippen LogP contribution in [-0.2, 0) is 17.3 Å². The van der Waals surface area contributed by atoms with E-state index in [0.717, 1.165) is 30.4 Å². The summed E-state index contributed by atoms with van der Waals surface area (Å²) in [6.07, 6.45) is 6.71. The second-order valence-electron chi connectivity index (χ2n) is 7.15. The van der Waals surface area contributed by atoms with Crippen molar-refractivity contribution in [1.29, 1.82) is 0 Å². The number of terminal acetylenes is 1. The lowest BCUT2D eigenvalue weighted by Crippen LogP contribution is -2.49. The summed E-state index contributed by atoms with van der Waals surface area (Å²) in [6.45, 7) is 2.17. The van der Waals surface area contributed by atoms with Crippen molar-refractivity contribution in [2.75, 3.05) is 18.9 Å². The zero-order valence-electron chi connectivity index (χ0n) is 17.9. The van der Waals surface area contributed by atoms with Crippen molar-refractivity contribution in [1.82, 2.24) is 14.8 Å². The molecule has 1 aliphatic rings. The van der Waals surface area contributed by atoms with Crippen molar-refractivity contribution in [2.24, 2.45) is 0 Å². The number of aromatic hydroxyl groups is 1. The lowest BCUT2D eigenvalue weighted by molar-refractivity contribution is 0.0655. The Morgan fingerprint density at radius 3 is 2.82 bits per heavy atom. The van der Waals surface area contributed by atoms with E-state index >= 15 is 0 Å². The molecule has 3 rings (SSSR count). The summed E-state index contributed by atoms with van der Waals surface area (Å²) in [5.41, 5.74) is -1.94.